The lowest BCUT2D eigenvalue weighted by Crippen LogP contribution is -2.06. The summed E-state index contributed by atoms with van der Waals surface area (Å²) in [6.45, 7) is 0.405. The molecule has 2 aromatic heterocycles. The summed E-state index contributed by atoms with van der Waals surface area (Å²) in [6, 6.07) is 11.4. The Morgan fingerprint density at radius 3 is 2.74 bits per heavy atom. The smallest absolute Gasteiger partial charge is 0.222 e. The molecule has 0 N–H and O–H groups in total. The average molecular weight is 273 g/mol. The van der Waals surface area contributed by atoms with Crippen molar-refractivity contribution in [3.05, 3.63) is 53.6 Å². The molecule has 0 unspecified atom stereocenters. The minimum absolute atomic E-state index is 0.209. The molecule has 0 radical (unpaired) electrons. The van der Waals surface area contributed by atoms with Crippen molar-refractivity contribution in [2.24, 2.45) is 0 Å². The summed E-state index contributed by atoms with van der Waals surface area (Å²) in [6.07, 6.45) is 1.60. The second kappa shape index (κ2) is 5.11. The summed E-state index contributed by atoms with van der Waals surface area (Å²) >= 11 is 5.72. The minimum atomic E-state index is 0.209. The fraction of sp³-hybridized carbons (Fsp3) is 0.0833. The van der Waals surface area contributed by atoms with Crippen LogP contribution in [0, 0.1) is 0 Å². The zero-order valence-electron chi connectivity index (χ0n) is 9.81. The van der Waals surface area contributed by atoms with Gasteiger partial charge >= 0.3 is 0 Å². The summed E-state index contributed by atoms with van der Waals surface area (Å²) in [5.41, 5.74) is 1.66. The maximum atomic E-state index is 5.72. The molecule has 0 bridgehead atoms. The molecule has 0 saturated carbocycles. The number of benzene rings is 1. The molecule has 0 saturated heterocycles. The molecule has 6 nitrogen and oxygen atoms in total. The van der Waals surface area contributed by atoms with Crippen molar-refractivity contribution in [2.45, 2.75) is 6.54 Å². The molecular weight excluding hydrogens is 264 g/mol. The molecular formula is C12H9ClN6. The van der Waals surface area contributed by atoms with Crippen LogP contribution in [0.2, 0.25) is 5.28 Å². The average Bonchev–Trinajstić information content (AvgIpc) is 2.88. The van der Waals surface area contributed by atoms with Gasteiger partial charge in [0.1, 0.15) is 6.54 Å². The van der Waals surface area contributed by atoms with E-state index < -0.39 is 0 Å². The van der Waals surface area contributed by atoms with Gasteiger partial charge in [0, 0.05) is 11.8 Å². The molecule has 2 heterocycles. The Hall–Kier alpha value is -2.34. The topological polar surface area (TPSA) is 69.4 Å². The lowest BCUT2D eigenvalue weighted by molar-refractivity contribution is 0.564. The first-order valence-electron chi connectivity index (χ1n) is 5.62. The van der Waals surface area contributed by atoms with Gasteiger partial charge in [0.15, 0.2) is 0 Å². The number of hydrogen-bond donors (Lipinski definition) is 0. The van der Waals surface area contributed by atoms with Crippen molar-refractivity contribution in [3.63, 3.8) is 0 Å². The van der Waals surface area contributed by atoms with Crippen molar-refractivity contribution in [3.8, 4) is 11.4 Å². The Morgan fingerprint density at radius 2 is 1.95 bits per heavy atom. The van der Waals surface area contributed by atoms with E-state index in [9.17, 15) is 0 Å². The number of tetrazole rings is 1. The number of nitrogens with zero attached hydrogens (tertiary/aromatic N) is 6. The van der Waals surface area contributed by atoms with E-state index in [0.29, 0.717) is 12.4 Å². The SMILES string of the molecule is Clc1nccc(Cn2nnc(-c3ccccc3)n2)n1. The van der Waals surface area contributed by atoms with Crippen LogP contribution in [0.3, 0.4) is 0 Å². The predicted octanol–water partition coefficient (Wildman–Crippen LogP) is 1.83. The second-order valence-corrected chi connectivity index (χ2v) is 4.16. The monoisotopic (exact) mass is 272 g/mol. The standard InChI is InChI=1S/C12H9ClN6/c13-12-14-7-6-10(15-12)8-19-17-11(16-18-19)9-4-2-1-3-5-9/h1-7H,8H2. The van der Waals surface area contributed by atoms with Crippen LogP contribution in [0.5, 0.6) is 0 Å². The molecule has 0 atom stereocenters. The van der Waals surface area contributed by atoms with Crippen LogP contribution in [-0.4, -0.2) is 30.2 Å². The lowest BCUT2D eigenvalue weighted by Gasteiger charge is -1.98. The molecule has 0 fully saturated rings. The fourth-order valence-electron chi connectivity index (χ4n) is 1.62. The molecule has 0 spiro atoms. The highest BCUT2D eigenvalue weighted by molar-refractivity contribution is 6.28. The summed E-state index contributed by atoms with van der Waals surface area (Å²) < 4.78 is 0. The molecule has 0 amide bonds. The zero-order chi connectivity index (χ0) is 13.1. The van der Waals surface area contributed by atoms with E-state index in [0.717, 1.165) is 11.3 Å². The van der Waals surface area contributed by atoms with Crippen LogP contribution in [0.1, 0.15) is 5.69 Å². The van der Waals surface area contributed by atoms with Crippen LogP contribution in [0.25, 0.3) is 11.4 Å². The quantitative estimate of drug-likeness (QED) is 0.681. The van der Waals surface area contributed by atoms with E-state index >= 15 is 0 Å². The van der Waals surface area contributed by atoms with Crippen molar-refractivity contribution >= 4 is 11.6 Å². The Bertz CT molecular complexity index is 681. The summed E-state index contributed by atoms with van der Waals surface area (Å²) in [7, 11) is 0. The van der Waals surface area contributed by atoms with E-state index in [2.05, 4.69) is 25.4 Å². The van der Waals surface area contributed by atoms with Gasteiger partial charge < -0.3 is 0 Å². The van der Waals surface area contributed by atoms with Crippen LogP contribution in [0.15, 0.2) is 42.6 Å². The van der Waals surface area contributed by atoms with E-state index in [4.69, 9.17) is 11.6 Å². The maximum Gasteiger partial charge on any atom is 0.222 e. The van der Waals surface area contributed by atoms with Gasteiger partial charge in [-0.25, -0.2) is 9.97 Å². The highest BCUT2D eigenvalue weighted by Crippen LogP contribution is 2.12. The van der Waals surface area contributed by atoms with Gasteiger partial charge in [-0.2, -0.15) is 4.80 Å². The van der Waals surface area contributed by atoms with Gasteiger partial charge in [-0.1, -0.05) is 30.3 Å². The highest BCUT2D eigenvalue weighted by Gasteiger charge is 2.06. The van der Waals surface area contributed by atoms with Gasteiger partial charge in [0.25, 0.3) is 0 Å². The number of rotatable bonds is 3. The van der Waals surface area contributed by atoms with Gasteiger partial charge in [0.2, 0.25) is 11.1 Å². The van der Waals surface area contributed by atoms with Crippen LogP contribution in [0.4, 0.5) is 0 Å². The largest absolute Gasteiger partial charge is 0.227 e. The Kier molecular flexibility index (Phi) is 3.16. The number of halogens is 1. The third kappa shape index (κ3) is 2.74. The van der Waals surface area contributed by atoms with Gasteiger partial charge in [-0.15, -0.1) is 10.2 Å². The molecule has 0 aliphatic rings. The normalized spacial score (nSPS) is 10.6. The third-order valence-electron chi connectivity index (χ3n) is 2.47. The van der Waals surface area contributed by atoms with E-state index in [-0.39, 0.29) is 5.28 Å². The molecule has 7 heteroatoms. The molecule has 0 aliphatic heterocycles. The fourth-order valence-corrected chi connectivity index (χ4v) is 1.78. The first-order chi connectivity index (χ1) is 9.31. The van der Waals surface area contributed by atoms with Crippen molar-refractivity contribution < 1.29 is 0 Å². The molecule has 19 heavy (non-hydrogen) atoms. The van der Waals surface area contributed by atoms with E-state index in [1.165, 1.54) is 4.80 Å². The molecule has 3 rings (SSSR count). The van der Waals surface area contributed by atoms with Crippen molar-refractivity contribution in [2.75, 3.05) is 0 Å². The zero-order valence-corrected chi connectivity index (χ0v) is 10.6. The Morgan fingerprint density at radius 1 is 1.11 bits per heavy atom. The first kappa shape index (κ1) is 11.7. The number of aromatic nitrogens is 6. The van der Waals surface area contributed by atoms with E-state index in [1.807, 2.05) is 30.3 Å². The summed E-state index contributed by atoms with van der Waals surface area (Å²) in [5, 5.41) is 12.5. The summed E-state index contributed by atoms with van der Waals surface area (Å²) in [5.74, 6) is 0.584. The Balaban J connectivity index is 1.82. The van der Waals surface area contributed by atoms with E-state index in [1.54, 1.807) is 12.3 Å². The van der Waals surface area contributed by atoms with Crippen molar-refractivity contribution in [1.82, 2.24) is 30.2 Å². The van der Waals surface area contributed by atoms with Crippen LogP contribution in [-0.2, 0) is 6.54 Å². The highest BCUT2D eigenvalue weighted by atomic mass is 35.5. The van der Waals surface area contributed by atoms with Gasteiger partial charge in [0.05, 0.1) is 5.69 Å². The van der Waals surface area contributed by atoms with Crippen LogP contribution >= 0.6 is 11.6 Å². The minimum Gasteiger partial charge on any atom is -0.227 e. The second-order valence-electron chi connectivity index (χ2n) is 3.83. The van der Waals surface area contributed by atoms with Gasteiger partial charge in [-0.3, -0.25) is 0 Å². The number of hydrogen-bond acceptors (Lipinski definition) is 5. The molecule has 0 aliphatic carbocycles. The lowest BCUT2D eigenvalue weighted by atomic mass is 10.2. The molecule has 94 valence electrons. The third-order valence-corrected chi connectivity index (χ3v) is 2.65. The first-order valence-corrected chi connectivity index (χ1v) is 6.00. The predicted molar refractivity (Wildman–Crippen MR) is 69.4 cm³/mol. The molecule has 1 aromatic carbocycles. The maximum absolute atomic E-state index is 5.72. The van der Waals surface area contributed by atoms with Crippen LogP contribution < -0.4 is 0 Å². The summed E-state index contributed by atoms with van der Waals surface area (Å²) in [4.78, 5) is 9.37. The molecule has 3 aromatic rings. The van der Waals surface area contributed by atoms with Crippen molar-refractivity contribution in [1.29, 1.82) is 0 Å². The Labute approximate surface area is 114 Å². The van der Waals surface area contributed by atoms with Gasteiger partial charge in [-0.05, 0) is 22.9 Å².